The number of aromatic nitrogens is 2. The summed E-state index contributed by atoms with van der Waals surface area (Å²) >= 11 is 5.79. The van der Waals surface area contributed by atoms with E-state index in [0.29, 0.717) is 11.3 Å². The fourth-order valence-electron chi connectivity index (χ4n) is 1.65. The third-order valence-corrected chi connectivity index (χ3v) is 2.90. The van der Waals surface area contributed by atoms with Gasteiger partial charge in [-0.15, -0.1) is 0 Å². The van der Waals surface area contributed by atoms with Crippen LogP contribution < -0.4 is 5.32 Å². The number of ether oxygens (including phenoxy) is 1. The molecule has 1 heterocycles. The highest BCUT2D eigenvalue weighted by Crippen LogP contribution is 2.16. The van der Waals surface area contributed by atoms with Crippen molar-refractivity contribution < 1.29 is 14.3 Å². The number of anilines is 1. The van der Waals surface area contributed by atoms with Gasteiger partial charge < -0.3 is 14.6 Å². The van der Waals surface area contributed by atoms with Crippen molar-refractivity contribution in [2.24, 2.45) is 0 Å². The Bertz CT molecular complexity index is 639. The van der Waals surface area contributed by atoms with Crippen LogP contribution in [-0.4, -0.2) is 28.5 Å². The van der Waals surface area contributed by atoms with E-state index in [9.17, 15) is 9.59 Å². The first kappa shape index (κ1) is 14.1. The summed E-state index contributed by atoms with van der Waals surface area (Å²) in [7, 11) is 1.28. The minimum atomic E-state index is -0.512. The molecule has 0 spiro atoms. The molecule has 2 aromatic rings. The fourth-order valence-corrected chi connectivity index (χ4v) is 1.83. The molecule has 0 saturated carbocycles. The van der Waals surface area contributed by atoms with E-state index in [1.165, 1.54) is 17.9 Å². The van der Waals surface area contributed by atoms with Crippen LogP contribution >= 0.6 is 11.6 Å². The van der Waals surface area contributed by atoms with Crippen molar-refractivity contribution in [3.05, 3.63) is 47.5 Å². The quantitative estimate of drug-likeness (QED) is 0.875. The van der Waals surface area contributed by atoms with E-state index >= 15 is 0 Å². The zero-order chi connectivity index (χ0) is 14.5. The number of nitrogens with one attached hydrogen (secondary N) is 1. The molecule has 1 amide bonds. The molecule has 0 aliphatic heterocycles. The molecular weight excluding hydrogens is 282 g/mol. The lowest BCUT2D eigenvalue weighted by atomic mass is 10.2. The number of rotatable bonds is 4. The van der Waals surface area contributed by atoms with Crippen molar-refractivity contribution in [3.8, 4) is 0 Å². The predicted octanol–water partition coefficient (Wildman–Crippen LogP) is 1.96. The van der Waals surface area contributed by atoms with Crippen LogP contribution in [0.1, 0.15) is 10.4 Å². The summed E-state index contributed by atoms with van der Waals surface area (Å²) in [6.07, 6.45) is 3.09. The van der Waals surface area contributed by atoms with Crippen LogP contribution in [0.4, 0.5) is 5.69 Å². The van der Waals surface area contributed by atoms with Crippen LogP contribution in [0, 0.1) is 0 Å². The molecule has 2 rings (SSSR count). The first-order chi connectivity index (χ1) is 9.61. The average Bonchev–Trinajstić information content (AvgIpc) is 2.84. The topological polar surface area (TPSA) is 73.2 Å². The smallest absolute Gasteiger partial charge is 0.339 e. The number of benzene rings is 1. The molecule has 0 aliphatic rings. The summed E-state index contributed by atoms with van der Waals surface area (Å²) in [5, 5.41) is 2.87. The maximum absolute atomic E-state index is 11.9. The molecule has 0 bridgehead atoms. The van der Waals surface area contributed by atoms with Crippen LogP contribution in [0.3, 0.4) is 0 Å². The molecule has 0 aliphatic carbocycles. The Morgan fingerprint density at radius 3 is 2.80 bits per heavy atom. The Morgan fingerprint density at radius 1 is 1.40 bits per heavy atom. The second-order valence-corrected chi connectivity index (χ2v) is 4.25. The number of carbonyl (C=O) groups is 2. The van der Waals surface area contributed by atoms with Crippen LogP contribution in [0.5, 0.6) is 0 Å². The molecule has 7 heteroatoms. The SMILES string of the molecule is COC(=O)c1ccccc1NC(=O)Cn1ccnc1Cl. The molecule has 1 N–H and O–H groups in total. The van der Waals surface area contributed by atoms with Gasteiger partial charge >= 0.3 is 5.97 Å². The molecule has 1 aromatic carbocycles. The number of para-hydroxylation sites is 1. The summed E-state index contributed by atoms with van der Waals surface area (Å²) in [4.78, 5) is 27.3. The molecule has 0 atom stereocenters. The van der Waals surface area contributed by atoms with Crippen LogP contribution in [0.15, 0.2) is 36.7 Å². The maximum Gasteiger partial charge on any atom is 0.339 e. The highest BCUT2D eigenvalue weighted by Gasteiger charge is 2.13. The summed E-state index contributed by atoms with van der Waals surface area (Å²) in [6.45, 7) is 0.00827. The molecule has 0 saturated heterocycles. The molecule has 104 valence electrons. The lowest BCUT2D eigenvalue weighted by molar-refractivity contribution is -0.116. The normalized spacial score (nSPS) is 10.1. The summed E-state index contributed by atoms with van der Waals surface area (Å²) in [5.41, 5.74) is 0.681. The van der Waals surface area contributed by atoms with Crippen LogP contribution in [0.2, 0.25) is 5.28 Å². The van der Waals surface area contributed by atoms with Crippen molar-refractivity contribution in [1.29, 1.82) is 0 Å². The summed E-state index contributed by atoms with van der Waals surface area (Å²) in [6, 6.07) is 6.60. The first-order valence-corrected chi connectivity index (χ1v) is 6.13. The highest BCUT2D eigenvalue weighted by atomic mass is 35.5. The summed E-state index contributed by atoms with van der Waals surface area (Å²) in [5.74, 6) is -0.831. The van der Waals surface area contributed by atoms with E-state index in [-0.39, 0.29) is 17.7 Å². The fraction of sp³-hybridized carbons (Fsp3) is 0.154. The van der Waals surface area contributed by atoms with Gasteiger partial charge in [-0.3, -0.25) is 4.79 Å². The highest BCUT2D eigenvalue weighted by molar-refractivity contribution is 6.28. The van der Waals surface area contributed by atoms with Gasteiger partial charge in [0.25, 0.3) is 0 Å². The largest absolute Gasteiger partial charge is 0.465 e. The predicted molar refractivity (Wildman–Crippen MR) is 73.6 cm³/mol. The van der Waals surface area contributed by atoms with Crippen LogP contribution in [-0.2, 0) is 16.1 Å². The van der Waals surface area contributed by atoms with E-state index in [0.717, 1.165) is 0 Å². The summed E-state index contributed by atoms with van der Waals surface area (Å²) < 4.78 is 6.14. The Kier molecular flexibility index (Phi) is 4.37. The number of esters is 1. The number of amides is 1. The Hall–Kier alpha value is -2.34. The lowest BCUT2D eigenvalue weighted by Crippen LogP contribution is -2.20. The van der Waals surface area contributed by atoms with Gasteiger partial charge in [0.15, 0.2) is 0 Å². The van der Waals surface area contributed by atoms with Gasteiger partial charge in [0.2, 0.25) is 11.2 Å². The number of halogens is 1. The molecule has 1 aromatic heterocycles. The Balaban J connectivity index is 2.12. The first-order valence-electron chi connectivity index (χ1n) is 5.75. The number of hydrogen-bond donors (Lipinski definition) is 1. The van der Waals surface area contributed by atoms with Gasteiger partial charge in [0.1, 0.15) is 6.54 Å². The monoisotopic (exact) mass is 293 g/mol. The maximum atomic E-state index is 11.9. The molecule has 0 fully saturated rings. The Morgan fingerprint density at radius 2 is 2.15 bits per heavy atom. The minimum Gasteiger partial charge on any atom is -0.465 e. The third-order valence-electron chi connectivity index (χ3n) is 2.59. The van der Waals surface area contributed by atoms with Crippen molar-refractivity contribution in [3.63, 3.8) is 0 Å². The molecule has 6 nitrogen and oxygen atoms in total. The van der Waals surface area contributed by atoms with Gasteiger partial charge in [0.05, 0.1) is 18.4 Å². The van der Waals surface area contributed by atoms with E-state index < -0.39 is 5.97 Å². The third kappa shape index (κ3) is 3.16. The zero-order valence-electron chi connectivity index (χ0n) is 10.7. The second kappa shape index (κ2) is 6.21. The van der Waals surface area contributed by atoms with Gasteiger partial charge in [-0.1, -0.05) is 12.1 Å². The number of imidazole rings is 1. The second-order valence-electron chi connectivity index (χ2n) is 3.91. The Labute approximate surface area is 120 Å². The van der Waals surface area contributed by atoms with E-state index in [1.54, 1.807) is 30.5 Å². The molecule has 0 radical (unpaired) electrons. The molecule has 0 unspecified atom stereocenters. The van der Waals surface area contributed by atoms with Crippen LogP contribution in [0.25, 0.3) is 0 Å². The van der Waals surface area contributed by atoms with Crippen molar-refractivity contribution in [1.82, 2.24) is 9.55 Å². The number of methoxy groups -OCH3 is 1. The number of nitrogens with zero attached hydrogens (tertiary/aromatic N) is 2. The minimum absolute atomic E-state index is 0.00827. The van der Waals surface area contributed by atoms with E-state index in [4.69, 9.17) is 11.6 Å². The van der Waals surface area contributed by atoms with Gasteiger partial charge in [-0.2, -0.15) is 0 Å². The lowest BCUT2D eigenvalue weighted by Gasteiger charge is -2.10. The van der Waals surface area contributed by atoms with Crippen molar-refractivity contribution in [2.75, 3.05) is 12.4 Å². The van der Waals surface area contributed by atoms with E-state index in [1.807, 2.05) is 0 Å². The molecular formula is C13H12ClN3O3. The number of hydrogen-bond acceptors (Lipinski definition) is 4. The number of carbonyl (C=O) groups excluding carboxylic acids is 2. The van der Waals surface area contributed by atoms with Gasteiger partial charge in [0, 0.05) is 12.4 Å². The van der Waals surface area contributed by atoms with Crippen molar-refractivity contribution in [2.45, 2.75) is 6.54 Å². The van der Waals surface area contributed by atoms with Gasteiger partial charge in [-0.05, 0) is 23.7 Å². The standard InChI is InChI=1S/C13H12ClN3O3/c1-20-12(19)9-4-2-3-5-10(9)16-11(18)8-17-7-6-15-13(17)14/h2-7H,8H2,1H3,(H,16,18). The van der Waals surface area contributed by atoms with E-state index in [2.05, 4.69) is 15.0 Å². The van der Waals surface area contributed by atoms with Crippen molar-refractivity contribution >= 4 is 29.2 Å². The van der Waals surface area contributed by atoms with Gasteiger partial charge in [-0.25, -0.2) is 9.78 Å². The average molecular weight is 294 g/mol. The zero-order valence-corrected chi connectivity index (χ0v) is 11.4. The molecule has 20 heavy (non-hydrogen) atoms.